The number of oxime groups is 1. The Bertz CT molecular complexity index is 978. The van der Waals surface area contributed by atoms with Gasteiger partial charge in [-0.1, -0.05) is 35.5 Å². The second kappa shape index (κ2) is 8.88. The third-order valence-corrected chi connectivity index (χ3v) is 5.00. The molecule has 2 heterocycles. The van der Waals surface area contributed by atoms with Crippen LogP contribution in [-0.4, -0.2) is 57.8 Å². The first-order valence-corrected chi connectivity index (χ1v) is 9.62. The first-order valence-electron chi connectivity index (χ1n) is 8.74. The fourth-order valence-corrected chi connectivity index (χ4v) is 3.37. The molecule has 4 N–H and O–H groups in total. The molecular formula is C18H19N5O6S. The molecule has 0 saturated carbocycles. The third-order valence-electron chi connectivity index (χ3n) is 4.33. The number of nitrogen functional groups attached to an aromatic ring is 1. The molecular weight excluding hydrogens is 414 g/mol. The van der Waals surface area contributed by atoms with E-state index in [1.165, 1.54) is 12.5 Å². The van der Waals surface area contributed by atoms with Crippen molar-refractivity contribution in [2.24, 2.45) is 5.16 Å². The fraction of sp³-hybridized carbons (Fsp3) is 0.278. The van der Waals surface area contributed by atoms with Gasteiger partial charge in [0.1, 0.15) is 18.8 Å². The average molecular weight is 433 g/mol. The van der Waals surface area contributed by atoms with E-state index in [0.717, 1.165) is 16.4 Å². The molecule has 3 rings (SSSR count). The van der Waals surface area contributed by atoms with Crippen LogP contribution in [0.5, 0.6) is 0 Å². The normalized spacial score (nSPS) is 19.7. The van der Waals surface area contributed by atoms with Crippen LogP contribution in [0, 0.1) is 0 Å². The molecule has 11 nitrogen and oxygen atoms in total. The summed E-state index contributed by atoms with van der Waals surface area (Å²) in [6.07, 6.45) is -1.36. The number of aromatic nitrogens is 1. The van der Waals surface area contributed by atoms with Crippen molar-refractivity contribution in [2.75, 3.05) is 12.8 Å². The number of nitrogens with two attached hydrogens (primary N) is 1. The highest BCUT2D eigenvalue weighted by Gasteiger charge is 2.49. The van der Waals surface area contributed by atoms with Crippen molar-refractivity contribution in [1.29, 1.82) is 0 Å². The number of hydrogen-bond donors (Lipinski definition) is 3. The zero-order valence-corrected chi connectivity index (χ0v) is 16.8. The van der Waals surface area contributed by atoms with E-state index in [1.807, 2.05) is 0 Å². The minimum Gasteiger partial charge on any atom is -0.479 e. The molecule has 1 aromatic carbocycles. The van der Waals surface area contributed by atoms with Gasteiger partial charge in [-0.3, -0.25) is 14.4 Å². The topological polar surface area (TPSA) is 156 Å². The van der Waals surface area contributed by atoms with Crippen LogP contribution in [0.25, 0.3) is 0 Å². The largest absolute Gasteiger partial charge is 0.479 e. The highest BCUT2D eigenvalue weighted by molar-refractivity contribution is 7.13. The monoisotopic (exact) mass is 433 g/mol. The van der Waals surface area contributed by atoms with Crippen molar-refractivity contribution in [1.82, 2.24) is 15.4 Å². The van der Waals surface area contributed by atoms with Gasteiger partial charge in [-0.25, -0.2) is 14.8 Å². The Morgan fingerprint density at radius 1 is 1.37 bits per heavy atom. The predicted octanol–water partition coefficient (Wildman–Crippen LogP) is 0.549. The van der Waals surface area contributed by atoms with Gasteiger partial charge in [-0.05, 0) is 12.5 Å². The highest BCUT2D eigenvalue weighted by Crippen LogP contribution is 2.27. The molecule has 0 radical (unpaired) electrons. The number of β-lactam (4-membered cyclic amide) rings is 1. The Labute approximate surface area is 175 Å². The van der Waals surface area contributed by atoms with Gasteiger partial charge in [0.25, 0.3) is 11.8 Å². The quantitative estimate of drug-likeness (QED) is 0.309. The number of aliphatic carboxylic acids is 1. The zero-order valence-electron chi connectivity index (χ0n) is 16.0. The molecule has 2 amide bonds. The van der Waals surface area contributed by atoms with Crippen LogP contribution in [0.15, 0.2) is 40.9 Å². The molecule has 1 aliphatic heterocycles. The number of thiazole rings is 1. The molecule has 0 aliphatic carbocycles. The van der Waals surface area contributed by atoms with Crippen molar-refractivity contribution in [3.05, 3.63) is 47.0 Å². The standard InChI is InChI=1S/C18H19N5O6S/c1-9-12(21-15(24)13(22-28-2)11-8-30-18(19)20-11)16(25)23(9)29-14(17(26)27)10-6-4-3-5-7-10/h3-9,12,14H,1-2H3,(H2,19,20)(H,21,24)(H,26,27)/b22-13-/t9-,12-,14?/m0/s1. The SMILES string of the molecule is CO/N=C(\C(=O)N[C@@H]1C(=O)N(OC(C(=O)O)c2ccccc2)[C@H]1C)c1csc(N)n1. The number of rotatable bonds is 8. The highest BCUT2D eigenvalue weighted by atomic mass is 32.1. The summed E-state index contributed by atoms with van der Waals surface area (Å²) in [7, 11) is 1.27. The first kappa shape index (κ1) is 21.2. The van der Waals surface area contributed by atoms with E-state index in [2.05, 4.69) is 15.5 Å². The summed E-state index contributed by atoms with van der Waals surface area (Å²) in [6.45, 7) is 1.62. The van der Waals surface area contributed by atoms with Crippen LogP contribution in [0.1, 0.15) is 24.3 Å². The predicted molar refractivity (Wildman–Crippen MR) is 106 cm³/mol. The number of anilines is 1. The van der Waals surface area contributed by atoms with E-state index in [-0.39, 0.29) is 16.5 Å². The number of hydroxylamine groups is 2. The Morgan fingerprint density at radius 3 is 2.60 bits per heavy atom. The first-order chi connectivity index (χ1) is 14.3. The van der Waals surface area contributed by atoms with Crippen LogP contribution in [-0.2, 0) is 24.1 Å². The molecule has 0 bridgehead atoms. The van der Waals surface area contributed by atoms with E-state index < -0.39 is 36.0 Å². The summed E-state index contributed by atoms with van der Waals surface area (Å²) in [5, 5.41) is 18.4. The fourth-order valence-electron chi connectivity index (χ4n) is 2.82. The van der Waals surface area contributed by atoms with Gasteiger partial charge in [-0.15, -0.1) is 11.3 Å². The van der Waals surface area contributed by atoms with Gasteiger partial charge < -0.3 is 21.0 Å². The van der Waals surface area contributed by atoms with E-state index in [0.29, 0.717) is 5.56 Å². The Morgan fingerprint density at radius 2 is 2.07 bits per heavy atom. The maximum Gasteiger partial charge on any atom is 0.340 e. The van der Waals surface area contributed by atoms with Gasteiger partial charge in [0.05, 0.1) is 6.04 Å². The summed E-state index contributed by atoms with van der Waals surface area (Å²) < 4.78 is 0. The lowest BCUT2D eigenvalue weighted by molar-refractivity contribution is -0.254. The maximum absolute atomic E-state index is 12.6. The Balaban J connectivity index is 1.68. The summed E-state index contributed by atoms with van der Waals surface area (Å²) >= 11 is 1.12. The number of carboxylic acids is 1. The van der Waals surface area contributed by atoms with Gasteiger partial charge in [0.2, 0.25) is 6.10 Å². The van der Waals surface area contributed by atoms with E-state index in [1.54, 1.807) is 37.3 Å². The lowest BCUT2D eigenvalue weighted by Gasteiger charge is -2.44. The van der Waals surface area contributed by atoms with Crippen LogP contribution < -0.4 is 11.1 Å². The second-order valence-electron chi connectivity index (χ2n) is 6.28. The number of hydrogen-bond acceptors (Lipinski definition) is 9. The van der Waals surface area contributed by atoms with Crippen molar-refractivity contribution in [3.8, 4) is 0 Å². The number of nitrogens with one attached hydrogen (secondary N) is 1. The molecule has 1 fully saturated rings. The van der Waals surface area contributed by atoms with E-state index in [9.17, 15) is 19.5 Å². The van der Waals surface area contributed by atoms with Crippen LogP contribution in [0.2, 0.25) is 0 Å². The minimum absolute atomic E-state index is 0.141. The zero-order chi connectivity index (χ0) is 21.8. The van der Waals surface area contributed by atoms with E-state index in [4.69, 9.17) is 15.4 Å². The maximum atomic E-state index is 12.6. The van der Waals surface area contributed by atoms with E-state index >= 15 is 0 Å². The summed E-state index contributed by atoms with van der Waals surface area (Å²) in [5.41, 5.74) is 6.04. The lowest BCUT2D eigenvalue weighted by Crippen LogP contribution is -2.70. The summed E-state index contributed by atoms with van der Waals surface area (Å²) in [6, 6.07) is 6.69. The van der Waals surface area contributed by atoms with Crippen LogP contribution in [0.4, 0.5) is 5.13 Å². The minimum atomic E-state index is -1.36. The van der Waals surface area contributed by atoms with Gasteiger partial charge in [-0.2, -0.15) is 0 Å². The molecule has 30 heavy (non-hydrogen) atoms. The average Bonchev–Trinajstić information content (AvgIpc) is 3.16. The molecule has 158 valence electrons. The molecule has 1 unspecified atom stereocenters. The molecule has 0 spiro atoms. The number of benzene rings is 1. The smallest absolute Gasteiger partial charge is 0.340 e. The molecule has 12 heteroatoms. The third kappa shape index (κ3) is 4.23. The van der Waals surface area contributed by atoms with Crippen molar-refractivity contribution < 1.29 is 29.2 Å². The molecule has 1 aromatic heterocycles. The molecule has 1 saturated heterocycles. The molecule has 2 aromatic rings. The van der Waals surface area contributed by atoms with Crippen LogP contribution >= 0.6 is 11.3 Å². The number of carbonyl (C=O) groups excluding carboxylic acids is 2. The van der Waals surface area contributed by atoms with Crippen molar-refractivity contribution >= 4 is 40.0 Å². The number of carbonyl (C=O) groups is 3. The van der Waals surface area contributed by atoms with Crippen molar-refractivity contribution in [2.45, 2.75) is 25.1 Å². The number of amides is 2. The number of carboxylic acid groups (broad SMARTS) is 1. The second-order valence-corrected chi connectivity index (χ2v) is 7.17. The number of nitrogens with zero attached hydrogens (tertiary/aromatic N) is 3. The van der Waals surface area contributed by atoms with Crippen LogP contribution in [0.3, 0.4) is 0 Å². The molecule has 3 atom stereocenters. The Hall–Kier alpha value is -3.51. The lowest BCUT2D eigenvalue weighted by atomic mass is 9.99. The van der Waals surface area contributed by atoms with Gasteiger partial charge in [0, 0.05) is 5.38 Å². The van der Waals surface area contributed by atoms with Gasteiger partial charge in [0.15, 0.2) is 10.8 Å². The van der Waals surface area contributed by atoms with Gasteiger partial charge >= 0.3 is 5.97 Å². The molecule has 1 aliphatic rings. The summed E-state index contributed by atoms with van der Waals surface area (Å²) in [5.74, 6) is -2.53. The Kier molecular flexibility index (Phi) is 6.28. The van der Waals surface area contributed by atoms with Crippen molar-refractivity contribution in [3.63, 3.8) is 0 Å². The summed E-state index contributed by atoms with van der Waals surface area (Å²) in [4.78, 5) is 50.8.